The van der Waals surface area contributed by atoms with E-state index in [2.05, 4.69) is 15.7 Å². The van der Waals surface area contributed by atoms with Crippen LogP contribution in [0.5, 0.6) is 0 Å². The van der Waals surface area contributed by atoms with Gasteiger partial charge in [-0.3, -0.25) is 14.4 Å². The van der Waals surface area contributed by atoms with Gasteiger partial charge in [-0.05, 0) is 55.0 Å². The second-order valence-corrected chi connectivity index (χ2v) is 8.64. The maximum absolute atomic E-state index is 13.2. The molecule has 0 bridgehead atoms. The van der Waals surface area contributed by atoms with Crippen molar-refractivity contribution in [3.63, 3.8) is 0 Å². The minimum atomic E-state index is -4.59. The fourth-order valence-electron chi connectivity index (χ4n) is 3.98. The predicted octanol–water partition coefficient (Wildman–Crippen LogP) is 2.37. The molecule has 0 unspecified atom stereocenters. The average molecular weight is 515 g/mol. The first kappa shape index (κ1) is 25.9. The predicted molar refractivity (Wildman–Crippen MR) is 130 cm³/mol. The smallest absolute Gasteiger partial charge is 0.399 e. The third-order valence-electron chi connectivity index (χ3n) is 5.93. The largest absolute Gasteiger partial charge is 0.416 e. The summed E-state index contributed by atoms with van der Waals surface area (Å²) in [4.78, 5) is 40.0. The number of aromatic nitrogens is 2. The fraction of sp³-hybridized carbons (Fsp3) is 0.280. The van der Waals surface area contributed by atoms with Crippen molar-refractivity contribution in [1.29, 1.82) is 0 Å². The van der Waals surface area contributed by atoms with E-state index in [1.807, 2.05) is 0 Å². The maximum Gasteiger partial charge on any atom is 0.416 e. The van der Waals surface area contributed by atoms with E-state index in [0.717, 1.165) is 22.9 Å². The number of alkyl halides is 3. The Bertz CT molecular complexity index is 1380. The molecule has 1 fully saturated rings. The molecule has 2 aromatic carbocycles. The summed E-state index contributed by atoms with van der Waals surface area (Å²) in [5, 5.41) is 9.89. The molecular weight excluding hydrogens is 489 g/mol. The lowest BCUT2D eigenvalue weighted by Gasteiger charge is -2.27. The number of carbonyl (C=O) groups excluding carboxylic acids is 2. The molecule has 1 aromatic heterocycles. The third-order valence-corrected chi connectivity index (χ3v) is 5.93. The summed E-state index contributed by atoms with van der Waals surface area (Å²) >= 11 is 0. The van der Waals surface area contributed by atoms with Gasteiger partial charge in [0.15, 0.2) is 0 Å². The van der Waals surface area contributed by atoms with E-state index in [1.165, 1.54) is 25.1 Å². The monoisotopic (exact) mass is 514 g/mol. The standard InChI is InChI=1S/C25H25F3N6O3/c1-15(17-11-18(25(26,27)28)14-19(29)12-17)31-23(36)21-5-6-22(35)34(32-21)20-4-2-3-16(13-20)24(37)33-9-7-30-8-10-33/h2-6,11-15,30H,7-10,29H2,1H3,(H,31,36)/t15-/m1/s1. The van der Waals surface area contributed by atoms with Crippen LogP contribution in [0.4, 0.5) is 18.9 Å². The number of nitrogen functional groups attached to an aromatic ring is 1. The molecule has 1 aliphatic rings. The SMILES string of the molecule is C[C@@H](NC(=O)c1ccc(=O)n(-c2cccc(C(=O)N3CCNCC3)c2)n1)c1cc(N)cc(C(F)(F)F)c1. The minimum absolute atomic E-state index is 0.0900. The second-order valence-electron chi connectivity index (χ2n) is 8.64. The minimum Gasteiger partial charge on any atom is -0.399 e. The number of piperazine rings is 1. The van der Waals surface area contributed by atoms with Crippen LogP contribution < -0.4 is 21.9 Å². The molecule has 194 valence electrons. The van der Waals surface area contributed by atoms with Gasteiger partial charge in [0.05, 0.1) is 17.3 Å². The number of hydrogen-bond donors (Lipinski definition) is 3. The fourth-order valence-corrected chi connectivity index (χ4v) is 3.98. The van der Waals surface area contributed by atoms with Gasteiger partial charge in [0.25, 0.3) is 17.4 Å². The van der Waals surface area contributed by atoms with Crippen molar-refractivity contribution >= 4 is 17.5 Å². The lowest BCUT2D eigenvalue weighted by Crippen LogP contribution is -2.46. The van der Waals surface area contributed by atoms with E-state index in [0.29, 0.717) is 37.4 Å². The molecule has 9 nitrogen and oxygen atoms in total. The number of anilines is 1. The molecule has 1 atom stereocenters. The molecule has 0 spiro atoms. The first-order chi connectivity index (χ1) is 17.5. The third kappa shape index (κ3) is 5.97. The Morgan fingerprint density at radius 1 is 1.08 bits per heavy atom. The normalized spacial score (nSPS) is 14.8. The summed E-state index contributed by atoms with van der Waals surface area (Å²) in [6.07, 6.45) is -4.59. The average Bonchev–Trinajstić information content (AvgIpc) is 2.88. The maximum atomic E-state index is 13.2. The van der Waals surface area contributed by atoms with Gasteiger partial charge in [0.2, 0.25) is 0 Å². The van der Waals surface area contributed by atoms with Crippen LogP contribution in [0, 0.1) is 0 Å². The van der Waals surface area contributed by atoms with E-state index >= 15 is 0 Å². The Labute approximate surface area is 210 Å². The van der Waals surface area contributed by atoms with Crippen molar-refractivity contribution in [2.24, 2.45) is 0 Å². The van der Waals surface area contributed by atoms with Crippen molar-refractivity contribution in [3.05, 3.63) is 87.3 Å². The van der Waals surface area contributed by atoms with E-state index in [4.69, 9.17) is 5.73 Å². The number of benzene rings is 2. The summed E-state index contributed by atoms with van der Waals surface area (Å²) < 4.78 is 40.5. The molecule has 0 aliphatic carbocycles. The number of hydrogen-bond acceptors (Lipinski definition) is 6. The zero-order chi connectivity index (χ0) is 26.7. The summed E-state index contributed by atoms with van der Waals surface area (Å²) in [6.45, 7) is 4.01. The zero-order valence-electron chi connectivity index (χ0n) is 19.9. The Morgan fingerprint density at radius 3 is 2.51 bits per heavy atom. The molecule has 3 aromatic rings. The first-order valence-electron chi connectivity index (χ1n) is 11.5. The van der Waals surface area contributed by atoms with Crippen LogP contribution in [0.15, 0.2) is 59.4 Å². The lowest BCUT2D eigenvalue weighted by molar-refractivity contribution is -0.137. The number of nitrogens with zero attached hydrogens (tertiary/aromatic N) is 3. The van der Waals surface area contributed by atoms with Gasteiger partial charge in [-0.2, -0.15) is 23.0 Å². The second kappa shape index (κ2) is 10.4. The first-order valence-corrected chi connectivity index (χ1v) is 11.5. The summed E-state index contributed by atoms with van der Waals surface area (Å²) in [5.41, 5.74) is 4.77. The molecule has 4 N–H and O–H groups in total. The van der Waals surface area contributed by atoms with Crippen LogP contribution in [-0.2, 0) is 6.18 Å². The van der Waals surface area contributed by atoms with Gasteiger partial charge in [-0.1, -0.05) is 6.07 Å². The summed E-state index contributed by atoms with van der Waals surface area (Å²) in [7, 11) is 0. The molecule has 2 heterocycles. The quantitative estimate of drug-likeness (QED) is 0.450. The zero-order valence-corrected chi connectivity index (χ0v) is 19.9. The highest BCUT2D eigenvalue weighted by molar-refractivity contribution is 5.95. The lowest BCUT2D eigenvalue weighted by atomic mass is 10.0. The van der Waals surface area contributed by atoms with E-state index in [1.54, 1.807) is 23.1 Å². The van der Waals surface area contributed by atoms with Gasteiger partial charge in [0, 0.05) is 43.5 Å². The van der Waals surface area contributed by atoms with Crippen molar-refractivity contribution < 1.29 is 22.8 Å². The molecule has 4 rings (SSSR count). The highest BCUT2D eigenvalue weighted by Gasteiger charge is 2.31. The summed E-state index contributed by atoms with van der Waals surface area (Å²) in [6, 6.07) is 11.0. The number of carbonyl (C=O) groups is 2. The molecule has 1 aliphatic heterocycles. The summed E-state index contributed by atoms with van der Waals surface area (Å²) in [5.74, 6) is -0.884. The number of nitrogens with two attached hydrogens (primary N) is 1. The topological polar surface area (TPSA) is 122 Å². The van der Waals surface area contributed by atoms with Crippen LogP contribution in [0.1, 0.15) is 44.9 Å². The number of amides is 2. The van der Waals surface area contributed by atoms with E-state index < -0.39 is 29.2 Å². The van der Waals surface area contributed by atoms with Gasteiger partial charge in [-0.15, -0.1) is 0 Å². The van der Waals surface area contributed by atoms with Crippen LogP contribution in [0.25, 0.3) is 5.69 Å². The van der Waals surface area contributed by atoms with Gasteiger partial charge in [0.1, 0.15) is 5.69 Å². The van der Waals surface area contributed by atoms with Crippen LogP contribution in [-0.4, -0.2) is 52.7 Å². The molecule has 2 amide bonds. The molecular formula is C25H25F3N6O3. The molecule has 0 radical (unpaired) electrons. The van der Waals surface area contributed by atoms with Gasteiger partial charge < -0.3 is 21.3 Å². The highest BCUT2D eigenvalue weighted by atomic mass is 19.4. The van der Waals surface area contributed by atoms with Crippen LogP contribution in [0.2, 0.25) is 0 Å². The van der Waals surface area contributed by atoms with Crippen LogP contribution in [0.3, 0.4) is 0 Å². The number of nitrogens with one attached hydrogen (secondary N) is 2. The van der Waals surface area contributed by atoms with E-state index in [-0.39, 0.29) is 22.9 Å². The van der Waals surface area contributed by atoms with Gasteiger partial charge >= 0.3 is 6.18 Å². The Balaban J connectivity index is 1.56. The van der Waals surface area contributed by atoms with E-state index in [9.17, 15) is 27.6 Å². The molecule has 1 saturated heterocycles. The highest BCUT2D eigenvalue weighted by Crippen LogP contribution is 2.32. The Morgan fingerprint density at radius 2 is 1.81 bits per heavy atom. The van der Waals surface area contributed by atoms with Crippen molar-refractivity contribution in [2.45, 2.75) is 19.1 Å². The van der Waals surface area contributed by atoms with Crippen LogP contribution >= 0.6 is 0 Å². The van der Waals surface area contributed by atoms with Crippen molar-refractivity contribution in [1.82, 2.24) is 25.3 Å². The molecule has 12 heteroatoms. The molecule has 37 heavy (non-hydrogen) atoms. The Hall–Kier alpha value is -4.19. The number of halogens is 3. The Kier molecular flexibility index (Phi) is 7.30. The van der Waals surface area contributed by atoms with Crippen molar-refractivity contribution in [2.75, 3.05) is 31.9 Å². The molecule has 0 saturated carbocycles. The van der Waals surface area contributed by atoms with Crippen molar-refractivity contribution in [3.8, 4) is 5.69 Å². The van der Waals surface area contributed by atoms with Gasteiger partial charge in [-0.25, -0.2) is 0 Å². The number of rotatable bonds is 5.